The number of nitrogens with zero attached hydrogens (tertiary/aromatic N) is 2. The lowest BCUT2D eigenvalue weighted by molar-refractivity contribution is 0.0163. The van der Waals surface area contributed by atoms with Crippen molar-refractivity contribution in [2.45, 2.75) is 92.6 Å². The van der Waals surface area contributed by atoms with Crippen molar-refractivity contribution in [1.29, 1.82) is 0 Å². The molecule has 0 aliphatic carbocycles. The molecule has 1 atom stereocenters. The monoisotopic (exact) mass is 382 g/mol. The van der Waals surface area contributed by atoms with Crippen LogP contribution in [0.4, 0.5) is 4.79 Å². The summed E-state index contributed by atoms with van der Waals surface area (Å²) in [5.41, 5.74) is -0.395. The summed E-state index contributed by atoms with van der Waals surface area (Å²) in [6.07, 6.45) is 7.58. The first-order valence-electron chi connectivity index (χ1n) is 11.5. The number of hydrogen-bond acceptors (Lipinski definition) is 3. The first-order valence-corrected chi connectivity index (χ1v) is 11.5. The van der Waals surface area contributed by atoms with Crippen LogP contribution in [0.1, 0.15) is 87.0 Å². The second kappa shape index (κ2) is 11.9. The van der Waals surface area contributed by atoms with Gasteiger partial charge in [0.15, 0.2) is 0 Å². The third-order valence-electron chi connectivity index (χ3n) is 5.92. The Balaban J connectivity index is 0.00000176. The van der Waals surface area contributed by atoms with Gasteiger partial charge in [-0.2, -0.15) is 0 Å². The van der Waals surface area contributed by atoms with Crippen LogP contribution in [0.3, 0.4) is 0 Å². The fourth-order valence-corrected chi connectivity index (χ4v) is 4.13. The summed E-state index contributed by atoms with van der Waals surface area (Å²) in [6.45, 7) is 20.0. The van der Waals surface area contributed by atoms with E-state index >= 15 is 0 Å². The summed E-state index contributed by atoms with van der Waals surface area (Å²) in [6, 6.07) is 0. The molecule has 1 amide bonds. The highest BCUT2D eigenvalue weighted by Gasteiger charge is 2.28. The zero-order valence-corrected chi connectivity index (χ0v) is 19.2. The molecule has 0 aromatic heterocycles. The van der Waals surface area contributed by atoms with Crippen molar-refractivity contribution >= 4 is 6.09 Å². The quantitative estimate of drug-likeness (QED) is 0.601. The maximum Gasteiger partial charge on any atom is 0.410 e. The van der Waals surface area contributed by atoms with E-state index in [2.05, 4.69) is 18.7 Å². The van der Waals surface area contributed by atoms with E-state index in [-0.39, 0.29) is 6.09 Å². The van der Waals surface area contributed by atoms with E-state index in [1.54, 1.807) is 0 Å². The molecule has 0 saturated carbocycles. The molecule has 4 nitrogen and oxygen atoms in total. The lowest BCUT2D eigenvalue weighted by Crippen LogP contribution is -2.44. The van der Waals surface area contributed by atoms with Crippen LogP contribution in [0.25, 0.3) is 0 Å². The van der Waals surface area contributed by atoms with Crippen LogP contribution < -0.4 is 0 Å². The van der Waals surface area contributed by atoms with Gasteiger partial charge in [0.25, 0.3) is 0 Å². The molecule has 2 heterocycles. The molecule has 2 aliphatic heterocycles. The number of amides is 1. The van der Waals surface area contributed by atoms with E-state index in [1.165, 1.54) is 45.3 Å². The minimum Gasteiger partial charge on any atom is -0.444 e. The summed E-state index contributed by atoms with van der Waals surface area (Å²) < 4.78 is 5.49. The Morgan fingerprint density at radius 3 is 2.00 bits per heavy atom. The molecule has 2 aliphatic rings. The summed E-state index contributed by atoms with van der Waals surface area (Å²) in [5.74, 6) is 2.57. The highest BCUT2D eigenvalue weighted by atomic mass is 16.6. The van der Waals surface area contributed by atoms with Crippen LogP contribution in [0.5, 0.6) is 0 Å². The zero-order chi connectivity index (χ0) is 20.4. The lowest BCUT2D eigenvalue weighted by Gasteiger charge is -2.38. The number of piperidine rings is 2. The number of carbonyl (C=O) groups is 1. The minimum atomic E-state index is -0.395. The van der Waals surface area contributed by atoms with E-state index in [4.69, 9.17) is 4.74 Å². The summed E-state index contributed by atoms with van der Waals surface area (Å²) >= 11 is 0. The molecule has 0 aromatic carbocycles. The van der Waals surface area contributed by atoms with E-state index < -0.39 is 5.60 Å². The topological polar surface area (TPSA) is 32.8 Å². The summed E-state index contributed by atoms with van der Waals surface area (Å²) in [7, 11) is 0. The Hall–Kier alpha value is -0.770. The Bertz CT molecular complexity index is 403. The first-order chi connectivity index (χ1) is 12.8. The van der Waals surface area contributed by atoms with Crippen LogP contribution in [0.15, 0.2) is 0 Å². The van der Waals surface area contributed by atoms with Crippen molar-refractivity contribution < 1.29 is 9.53 Å². The maximum atomic E-state index is 12.2. The standard InChI is InChI=1S/C21H40N2O2.C2H6/c1-6-17(2)15-18-7-11-22(12-8-18)16-19-9-13-23(14-10-19)20(24)25-21(3,4)5;1-2/h17-19H,6-16H2,1-5H3;1-2H3. The Morgan fingerprint density at radius 1 is 1.00 bits per heavy atom. The second-order valence-corrected chi connectivity index (χ2v) is 9.40. The number of likely N-dealkylation sites (tertiary alicyclic amines) is 2. The average molecular weight is 383 g/mol. The number of rotatable bonds is 5. The Morgan fingerprint density at radius 2 is 1.52 bits per heavy atom. The van der Waals surface area contributed by atoms with Crippen LogP contribution in [-0.2, 0) is 4.74 Å². The van der Waals surface area contributed by atoms with E-state index in [9.17, 15) is 4.79 Å². The van der Waals surface area contributed by atoms with Crippen LogP contribution in [-0.4, -0.2) is 54.2 Å². The third kappa shape index (κ3) is 9.32. The molecule has 0 bridgehead atoms. The SMILES string of the molecule is CC.CCC(C)CC1CCN(CC2CCN(C(=O)OC(C)(C)C)CC2)CC1. The van der Waals surface area contributed by atoms with Gasteiger partial charge in [-0.25, -0.2) is 4.79 Å². The predicted molar refractivity (Wildman–Crippen MR) is 115 cm³/mol. The van der Waals surface area contributed by atoms with Gasteiger partial charge in [-0.15, -0.1) is 0 Å². The molecule has 0 N–H and O–H groups in total. The van der Waals surface area contributed by atoms with Gasteiger partial charge < -0.3 is 14.5 Å². The maximum absolute atomic E-state index is 12.2. The van der Waals surface area contributed by atoms with Crippen molar-refractivity contribution in [3.8, 4) is 0 Å². The third-order valence-corrected chi connectivity index (χ3v) is 5.92. The Kier molecular flexibility index (Phi) is 10.7. The number of ether oxygens (including phenoxy) is 1. The molecule has 1 unspecified atom stereocenters. The summed E-state index contributed by atoms with van der Waals surface area (Å²) in [4.78, 5) is 16.7. The van der Waals surface area contributed by atoms with Gasteiger partial charge in [0.1, 0.15) is 5.60 Å². The highest BCUT2D eigenvalue weighted by Crippen LogP contribution is 2.27. The van der Waals surface area contributed by atoms with Gasteiger partial charge >= 0.3 is 6.09 Å². The lowest BCUT2D eigenvalue weighted by atomic mass is 9.86. The van der Waals surface area contributed by atoms with Crippen molar-refractivity contribution in [3.05, 3.63) is 0 Å². The van der Waals surface area contributed by atoms with Gasteiger partial charge in [0.05, 0.1) is 0 Å². The molecule has 2 fully saturated rings. The fourth-order valence-electron chi connectivity index (χ4n) is 4.13. The molecular formula is C23H46N2O2. The first kappa shape index (κ1) is 24.3. The molecule has 2 saturated heterocycles. The number of carbonyl (C=O) groups excluding carboxylic acids is 1. The van der Waals surface area contributed by atoms with Crippen molar-refractivity contribution in [1.82, 2.24) is 9.80 Å². The number of hydrogen-bond donors (Lipinski definition) is 0. The van der Waals surface area contributed by atoms with Crippen LogP contribution in [0, 0.1) is 17.8 Å². The van der Waals surface area contributed by atoms with Crippen molar-refractivity contribution in [2.24, 2.45) is 17.8 Å². The summed E-state index contributed by atoms with van der Waals surface area (Å²) in [5, 5.41) is 0. The predicted octanol–water partition coefficient (Wildman–Crippen LogP) is 5.81. The van der Waals surface area contributed by atoms with Gasteiger partial charge in [-0.1, -0.05) is 34.1 Å². The van der Waals surface area contributed by atoms with Gasteiger partial charge in [0, 0.05) is 19.6 Å². The van der Waals surface area contributed by atoms with E-state index in [1.807, 2.05) is 39.5 Å². The van der Waals surface area contributed by atoms with Crippen molar-refractivity contribution in [3.63, 3.8) is 0 Å². The van der Waals surface area contributed by atoms with Crippen LogP contribution >= 0.6 is 0 Å². The van der Waals surface area contributed by atoms with E-state index in [0.29, 0.717) is 0 Å². The normalized spacial score (nSPS) is 21.4. The molecule has 2 rings (SSSR count). The average Bonchev–Trinajstić information content (AvgIpc) is 2.64. The largest absolute Gasteiger partial charge is 0.444 e. The molecule has 160 valence electrons. The molecule has 0 spiro atoms. The molecule has 27 heavy (non-hydrogen) atoms. The molecule has 4 heteroatoms. The van der Waals surface area contributed by atoms with Gasteiger partial charge in [-0.3, -0.25) is 0 Å². The smallest absolute Gasteiger partial charge is 0.410 e. The van der Waals surface area contributed by atoms with E-state index in [0.717, 1.165) is 43.7 Å². The molecular weight excluding hydrogens is 336 g/mol. The second-order valence-electron chi connectivity index (χ2n) is 9.40. The highest BCUT2D eigenvalue weighted by molar-refractivity contribution is 5.68. The molecule has 0 aromatic rings. The van der Waals surface area contributed by atoms with Crippen molar-refractivity contribution in [2.75, 3.05) is 32.7 Å². The Labute approximate surface area is 169 Å². The zero-order valence-electron chi connectivity index (χ0n) is 19.2. The van der Waals surface area contributed by atoms with Gasteiger partial charge in [-0.05, 0) is 83.7 Å². The molecule has 0 radical (unpaired) electrons. The van der Waals surface area contributed by atoms with Gasteiger partial charge in [0.2, 0.25) is 0 Å². The minimum absolute atomic E-state index is 0.142. The van der Waals surface area contributed by atoms with Crippen LogP contribution in [0.2, 0.25) is 0 Å². The fraction of sp³-hybridized carbons (Fsp3) is 0.957.